The van der Waals surface area contributed by atoms with Crippen molar-refractivity contribution in [1.29, 1.82) is 0 Å². The molecule has 0 spiro atoms. The number of aliphatic hydroxyl groups excluding tert-OH is 1. The second-order valence-electron chi connectivity index (χ2n) is 8.97. The standard InChI is InChI=1S/C23H34N4O5S/c1-31-21-9-5-6-10-23(21)33(29,30)25-19-12-11-18(32-22(19)16-28)13-14-27-15-20(24-26-27)17-7-3-2-4-8-17/h5-6,9-10,15,17-19,22,25,28H,2-4,7-8,11-14,16H2,1H3/t18-,19+,22-/m0/s1. The SMILES string of the molecule is COc1ccccc1S(=O)(=O)N[C@@H]1CC[C@@H](CCn2cc(C3CCCCC3)nn2)O[C@H]1CO. The monoisotopic (exact) mass is 478 g/mol. The average molecular weight is 479 g/mol. The molecule has 4 rings (SSSR count). The van der Waals surface area contributed by atoms with E-state index in [-0.39, 0.29) is 23.4 Å². The van der Waals surface area contributed by atoms with Crippen LogP contribution in [0.3, 0.4) is 0 Å². The molecule has 33 heavy (non-hydrogen) atoms. The molecule has 3 atom stereocenters. The van der Waals surface area contributed by atoms with Crippen LogP contribution in [0, 0.1) is 0 Å². The zero-order valence-corrected chi connectivity index (χ0v) is 19.9. The Hall–Kier alpha value is -2.01. The molecule has 2 aliphatic rings. The van der Waals surface area contributed by atoms with Crippen molar-refractivity contribution >= 4 is 10.0 Å². The number of ether oxygens (including phenoxy) is 2. The van der Waals surface area contributed by atoms with Gasteiger partial charge in [-0.1, -0.05) is 36.6 Å². The van der Waals surface area contributed by atoms with Gasteiger partial charge >= 0.3 is 0 Å². The number of rotatable bonds is 9. The number of hydrogen-bond acceptors (Lipinski definition) is 7. The number of aliphatic hydroxyl groups is 1. The number of aromatic nitrogens is 3. The van der Waals surface area contributed by atoms with Gasteiger partial charge in [-0.2, -0.15) is 0 Å². The molecule has 1 aromatic heterocycles. The Morgan fingerprint density at radius 3 is 2.73 bits per heavy atom. The molecule has 1 aliphatic carbocycles. The van der Waals surface area contributed by atoms with Crippen LogP contribution in [0.15, 0.2) is 35.4 Å². The number of nitrogens with one attached hydrogen (secondary N) is 1. The highest BCUT2D eigenvalue weighted by molar-refractivity contribution is 7.89. The normalized spacial score (nSPS) is 24.6. The molecule has 10 heteroatoms. The Morgan fingerprint density at radius 2 is 1.97 bits per heavy atom. The van der Waals surface area contributed by atoms with E-state index < -0.39 is 22.2 Å². The Bertz CT molecular complexity index is 1010. The smallest absolute Gasteiger partial charge is 0.244 e. The van der Waals surface area contributed by atoms with Gasteiger partial charge in [0.15, 0.2) is 0 Å². The summed E-state index contributed by atoms with van der Waals surface area (Å²) in [4.78, 5) is 0.0752. The fourth-order valence-corrected chi connectivity index (χ4v) is 6.34. The molecule has 2 N–H and O–H groups in total. The highest BCUT2D eigenvalue weighted by Crippen LogP contribution is 2.31. The van der Waals surface area contributed by atoms with E-state index in [0.717, 1.165) is 12.1 Å². The maximum atomic E-state index is 12.9. The van der Waals surface area contributed by atoms with Gasteiger partial charge in [0, 0.05) is 18.7 Å². The van der Waals surface area contributed by atoms with Crippen LogP contribution in [-0.2, 0) is 21.3 Å². The molecule has 0 amide bonds. The fraction of sp³-hybridized carbons (Fsp3) is 0.652. The topological polar surface area (TPSA) is 116 Å². The molecule has 9 nitrogen and oxygen atoms in total. The molecule has 0 radical (unpaired) electrons. The minimum absolute atomic E-state index is 0.0727. The number of aryl methyl sites for hydroxylation is 1. The van der Waals surface area contributed by atoms with Gasteiger partial charge < -0.3 is 14.6 Å². The highest BCUT2D eigenvalue weighted by Gasteiger charge is 2.34. The summed E-state index contributed by atoms with van der Waals surface area (Å²) >= 11 is 0. The lowest BCUT2D eigenvalue weighted by Crippen LogP contribution is -2.51. The maximum absolute atomic E-state index is 12.9. The Balaban J connectivity index is 1.32. The van der Waals surface area contributed by atoms with E-state index in [1.165, 1.54) is 45.3 Å². The van der Waals surface area contributed by atoms with Gasteiger partial charge in [-0.15, -0.1) is 5.10 Å². The van der Waals surface area contributed by atoms with Crippen molar-refractivity contribution in [2.45, 2.75) is 87.0 Å². The van der Waals surface area contributed by atoms with Gasteiger partial charge in [0.25, 0.3) is 0 Å². The summed E-state index contributed by atoms with van der Waals surface area (Å²) in [6, 6.07) is 5.97. The number of nitrogens with zero attached hydrogens (tertiary/aromatic N) is 3. The van der Waals surface area contributed by atoms with Gasteiger partial charge in [0.05, 0.1) is 37.7 Å². The summed E-state index contributed by atoms with van der Waals surface area (Å²) in [6.45, 7) is 0.422. The number of methoxy groups -OCH3 is 1. The predicted molar refractivity (Wildman–Crippen MR) is 123 cm³/mol. The van der Waals surface area contributed by atoms with E-state index in [4.69, 9.17) is 9.47 Å². The van der Waals surface area contributed by atoms with Crippen molar-refractivity contribution in [3.05, 3.63) is 36.2 Å². The summed E-state index contributed by atoms with van der Waals surface area (Å²) in [7, 11) is -2.38. The summed E-state index contributed by atoms with van der Waals surface area (Å²) in [5.41, 5.74) is 1.08. The molecular formula is C23H34N4O5S. The predicted octanol–water partition coefficient (Wildman–Crippen LogP) is 2.61. The van der Waals surface area contributed by atoms with E-state index in [2.05, 4.69) is 15.0 Å². The van der Waals surface area contributed by atoms with Crippen molar-refractivity contribution in [3.8, 4) is 5.75 Å². The summed E-state index contributed by atoms with van der Waals surface area (Å²) in [5.74, 6) is 0.801. The molecule has 2 aromatic rings. The largest absolute Gasteiger partial charge is 0.495 e. The van der Waals surface area contributed by atoms with E-state index in [1.54, 1.807) is 18.2 Å². The Labute approximate surface area is 195 Å². The average Bonchev–Trinajstić information content (AvgIpc) is 3.33. The molecule has 1 saturated carbocycles. The van der Waals surface area contributed by atoms with Crippen LogP contribution < -0.4 is 9.46 Å². The number of benzene rings is 1. The molecule has 1 aromatic carbocycles. The van der Waals surface area contributed by atoms with Gasteiger partial charge in [0.2, 0.25) is 10.0 Å². The van der Waals surface area contributed by atoms with Gasteiger partial charge in [0.1, 0.15) is 10.6 Å². The number of para-hydroxylation sites is 1. The van der Waals surface area contributed by atoms with Gasteiger partial charge in [-0.25, -0.2) is 13.1 Å². The lowest BCUT2D eigenvalue weighted by atomic mass is 9.87. The van der Waals surface area contributed by atoms with E-state index >= 15 is 0 Å². The van der Waals surface area contributed by atoms with Crippen LogP contribution >= 0.6 is 0 Å². The molecule has 182 valence electrons. The number of sulfonamides is 1. The second-order valence-corrected chi connectivity index (χ2v) is 10.6. The molecule has 0 unspecified atom stereocenters. The van der Waals surface area contributed by atoms with Crippen molar-refractivity contribution in [2.75, 3.05) is 13.7 Å². The first-order chi connectivity index (χ1) is 16.0. The van der Waals surface area contributed by atoms with E-state index in [9.17, 15) is 13.5 Å². The van der Waals surface area contributed by atoms with Crippen LogP contribution in [0.2, 0.25) is 0 Å². The van der Waals surface area contributed by atoms with Gasteiger partial charge in [-0.05, 0) is 44.2 Å². The minimum Gasteiger partial charge on any atom is -0.495 e. The summed E-state index contributed by atoms with van der Waals surface area (Å²) in [6.07, 6.45) is 9.58. The quantitative estimate of drug-likeness (QED) is 0.569. The maximum Gasteiger partial charge on any atom is 0.244 e. The van der Waals surface area contributed by atoms with Crippen LogP contribution in [0.4, 0.5) is 0 Å². The molecule has 0 bridgehead atoms. The van der Waals surface area contributed by atoms with Crippen molar-refractivity contribution in [2.24, 2.45) is 0 Å². The van der Waals surface area contributed by atoms with Crippen LogP contribution in [-0.4, -0.2) is 60.5 Å². The van der Waals surface area contributed by atoms with Crippen molar-refractivity contribution in [3.63, 3.8) is 0 Å². The first-order valence-electron chi connectivity index (χ1n) is 11.8. The number of hydrogen-bond donors (Lipinski definition) is 2. The highest BCUT2D eigenvalue weighted by atomic mass is 32.2. The van der Waals surface area contributed by atoms with Gasteiger partial charge in [-0.3, -0.25) is 4.68 Å². The first kappa shape index (κ1) is 24.1. The first-order valence-corrected chi connectivity index (χ1v) is 13.3. The Morgan fingerprint density at radius 1 is 1.18 bits per heavy atom. The Kier molecular flexibility index (Phi) is 8.00. The van der Waals surface area contributed by atoms with E-state index in [1.807, 2.05) is 10.9 Å². The zero-order valence-electron chi connectivity index (χ0n) is 19.1. The molecule has 2 heterocycles. The van der Waals surface area contributed by atoms with Crippen molar-refractivity contribution < 1.29 is 23.0 Å². The van der Waals surface area contributed by atoms with Crippen LogP contribution in [0.25, 0.3) is 0 Å². The summed E-state index contributed by atoms with van der Waals surface area (Å²) in [5, 5.41) is 18.5. The lowest BCUT2D eigenvalue weighted by molar-refractivity contribution is -0.0891. The third-order valence-corrected chi connectivity index (χ3v) is 8.25. The molecule has 1 aliphatic heterocycles. The third-order valence-electron chi connectivity index (χ3n) is 6.72. The second kappa shape index (κ2) is 10.9. The zero-order chi connectivity index (χ0) is 23.3. The third kappa shape index (κ3) is 5.92. The molecule has 1 saturated heterocycles. The lowest BCUT2D eigenvalue weighted by Gasteiger charge is -2.36. The molecular weight excluding hydrogens is 444 g/mol. The summed E-state index contributed by atoms with van der Waals surface area (Å²) < 4.78 is 41.7. The minimum atomic E-state index is -3.81. The fourth-order valence-electron chi connectivity index (χ4n) is 4.87. The van der Waals surface area contributed by atoms with Crippen LogP contribution in [0.1, 0.15) is 63.0 Å². The van der Waals surface area contributed by atoms with E-state index in [0.29, 0.717) is 25.3 Å². The molecule has 2 fully saturated rings. The van der Waals surface area contributed by atoms with Crippen LogP contribution in [0.5, 0.6) is 5.75 Å². The van der Waals surface area contributed by atoms with Crippen molar-refractivity contribution in [1.82, 2.24) is 19.7 Å².